The Morgan fingerprint density at radius 2 is 1.92 bits per heavy atom. The average molecular weight is 388 g/mol. The van der Waals surface area contributed by atoms with Gasteiger partial charge in [0.1, 0.15) is 6.10 Å². The highest BCUT2D eigenvalue weighted by molar-refractivity contribution is 8.08. The maximum Gasteiger partial charge on any atom is 0.333 e. The lowest BCUT2D eigenvalue weighted by Gasteiger charge is -2.55. The van der Waals surface area contributed by atoms with Gasteiger partial charge in [-0.05, 0) is 34.6 Å². The van der Waals surface area contributed by atoms with E-state index in [1.165, 1.54) is 5.75 Å². The molecule has 2 fully saturated rings. The Morgan fingerprint density at radius 1 is 1.36 bits per heavy atom. The summed E-state index contributed by atoms with van der Waals surface area (Å²) in [7, 11) is 0. The number of carbonyl (C=O) groups is 1. The standard InChI is InChI=1S/C19H33NO3S2/c1-13(2)17(22)23-15-7-18(3,4)20(19(5,6)8-15)9-14(21)10-24-11-16-12-25-16/h14-16,21H,1,7-12H2,2-6H3. The normalized spacial score (nSPS) is 26.9. The van der Waals surface area contributed by atoms with Crippen LogP contribution >= 0.6 is 23.5 Å². The molecule has 2 rings (SSSR count). The number of piperidine rings is 1. The fraction of sp³-hybridized carbons (Fsp3) is 0.842. The SMILES string of the molecule is C=C(C)C(=O)OC1CC(C)(C)N(CC(O)CSCC2CS2)C(C)(C)C1. The van der Waals surface area contributed by atoms with Crippen LogP contribution in [0, 0.1) is 0 Å². The van der Waals surface area contributed by atoms with E-state index in [2.05, 4.69) is 39.2 Å². The predicted molar refractivity (Wildman–Crippen MR) is 108 cm³/mol. The summed E-state index contributed by atoms with van der Waals surface area (Å²) in [6.07, 6.45) is 1.10. The number of ether oxygens (including phenoxy) is 1. The first-order chi connectivity index (χ1) is 11.5. The van der Waals surface area contributed by atoms with Crippen molar-refractivity contribution in [3.8, 4) is 0 Å². The van der Waals surface area contributed by atoms with Gasteiger partial charge in [0.05, 0.1) is 6.10 Å². The molecular formula is C19H33NO3S2. The number of esters is 1. The Hall–Kier alpha value is -0.170. The molecule has 0 spiro atoms. The number of hydrogen-bond donors (Lipinski definition) is 1. The van der Waals surface area contributed by atoms with E-state index >= 15 is 0 Å². The van der Waals surface area contributed by atoms with Gasteiger partial charge >= 0.3 is 5.97 Å². The van der Waals surface area contributed by atoms with Gasteiger partial charge in [-0.25, -0.2) is 4.79 Å². The highest BCUT2D eigenvalue weighted by Crippen LogP contribution is 2.40. The monoisotopic (exact) mass is 387 g/mol. The molecule has 2 heterocycles. The fourth-order valence-electron chi connectivity index (χ4n) is 3.82. The molecule has 0 saturated carbocycles. The molecule has 6 heteroatoms. The van der Waals surface area contributed by atoms with Crippen LogP contribution in [0.5, 0.6) is 0 Å². The van der Waals surface area contributed by atoms with Crippen molar-refractivity contribution in [1.82, 2.24) is 4.90 Å². The van der Waals surface area contributed by atoms with Gasteiger partial charge < -0.3 is 9.84 Å². The third-order valence-corrected chi connectivity index (χ3v) is 7.39. The van der Waals surface area contributed by atoms with E-state index in [4.69, 9.17) is 4.74 Å². The number of carbonyl (C=O) groups excluding carboxylic acids is 1. The molecule has 0 amide bonds. The minimum Gasteiger partial charge on any atom is -0.459 e. The maximum absolute atomic E-state index is 11.9. The minimum absolute atomic E-state index is 0.108. The van der Waals surface area contributed by atoms with Gasteiger partial charge in [-0.2, -0.15) is 23.5 Å². The largest absolute Gasteiger partial charge is 0.459 e. The quantitative estimate of drug-likeness (QED) is 0.392. The van der Waals surface area contributed by atoms with Crippen molar-refractivity contribution in [2.24, 2.45) is 0 Å². The van der Waals surface area contributed by atoms with E-state index in [1.807, 2.05) is 23.5 Å². The number of likely N-dealkylation sites (tertiary alicyclic amines) is 1. The van der Waals surface area contributed by atoms with Crippen molar-refractivity contribution in [2.45, 2.75) is 76.0 Å². The molecule has 0 radical (unpaired) electrons. The van der Waals surface area contributed by atoms with Crippen LogP contribution in [0.4, 0.5) is 0 Å². The minimum atomic E-state index is -0.332. The molecule has 4 nitrogen and oxygen atoms in total. The molecular weight excluding hydrogens is 354 g/mol. The number of aliphatic hydroxyl groups is 1. The van der Waals surface area contributed by atoms with Crippen LogP contribution < -0.4 is 0 Å². The zero-order valence-electron chi connectivity index (χ0n) is 16.2. The number of β-amino-alcohol motifs (C(OH)–C–C–N with tert-alkyl or cyclic N) is 1. The molecule has 0 bridgehead atoms. The highest BCUT2D eigenvalue weighted by atomic mass is 32.2. The first-order valence-corrected chi connectivity index (χ1v) is 11.2. The second-order valence-electron chi connectivity index (χ2n) is 8.60. The Morgan fingerprint density at radius 3 is 2.40 bits per heavy atom. The number of nitrogens with zero attached hydrogens (tertiary/aromatic N) is 1. The van der Waals surface area contributed by atoms with Crippen molar-refractivity contribution in [2.75, 3.05) is 23.8 Å². The fourth-order valence-corrected chi connectivity index (χ4v) is 5.79. The molecule has 2 unspecified atom stereocenters. The molecule has 2 saturated heterocycles. The Balaban J connectivity index is 1.93. The Kier molecular flexibility index (Phi) is 6.96. The molecule has 0 aromatic carbocycles. The predicted octanol–water partition coefficient (Wildman–Crippen LogP) is 3.34. The van der Waals surface area contributed by atoms with Gasteiger partial charge in [0.15, 0.2) is 0 Å². The number of aliphatic hydroxyl groups excluding tert-OH is 1. The molecule has 0 aromatic heterocycles. The lowest BCUT2D eigenvalue weighted by atomic mass is 9.78. The number of thioether (sulfide) groups is 2. The van der Waals surface area contributed by atoms with E-state index in [1.54, 1.807) is 6.92 Å². The van der Waals surface area contributed by atoms with Gasteiger partial charge in [-0.15, -0.1) is 0 Å². The van der Waals surface area contributed by atoms with Crippen molar-refractivity contribution < 1.29 is 14.6 Å². The lowest BCUT2D eigenvalue weighted by molar-refractivity contribution is -0.157. The van der Waals surface area contributed by atoms with Crippen LogP contribution in [0.15, 0.2) is 12.2 Å². The zero-order valence-corrected chi connectivity index (χ0v) is 17.8. The summed E-state index contributed by atoms with van der Waals surface area (Å²) in [5, 5.41) is 11.3. The smallest absolute Gasteiger partial charge is 0.333 e. The Labute approximate surface area is 161 Å². The van der Waals surface area contributed by atoms with Gasteiger partial charge in [0.2, 0.25) is 0 Å². The van der Waals surface area contributed by atoms with Gasteiger partial charge in [-0.3, -0.25) is 4.90 Å². The van der Waals surface area contributed by atoms with Crippen molar-refractivity contribution >= 4 is 29.5 Å². The summed E-state index contributed by atoms with van der Waals surface area (Å²) >= 11 is 3.86. The van der Waals surface area contributed by atoms with E-state index in [-0.39, 0.29) is 29.3 Å². The maximum atomic E-state index is 11.9. The second-order valence-corrected chi connectivity index (χ2v) is 11.0. The summed E-state index contributed by atoms with van der Waals surface area (Å²) in [4.78, 5) is 14.3. The number of hydrogen-bond acceptors (Lipinski definition) is 6. The van der Waals surface area contributed by atoms with E-state index in [0.717, 1.165) is 29.6 Å². The van der Waals surface area contributed by atoms with Crippen LogP contribution in [-0.2, 0) is 9.53 Å². The molecule has 0 aliphatic carbocycles. The average Bonchev–Trinajstić information content (AvgIpc) is 3.26. The summed E-state index contributed by atoms with van der Waals surface area (Å²) in [6.45, 7) is 14.7. The molecule has 0 aromatic rings. The van der Waals surface area contributed by atoms with Crippen LogP contribution in [0.25, 0.3) is 0 Å². The van der Waals surface area contributed by atoms with Gasteiger partial charge in [-0.1, -0.05) is 6.58 Å². The lowest BCUT2D eigenvalue weighted by Crippen LogP contribution is -2.64. The molecule has 2 aliphatic rings. The van der Waals surface area contributed by atoms with Gasteiger partial charge in [0, 0.05) is 58.5 Å². The van der Waals surface area contributed by atoms with Crippen LogP contribution in [0.2, 0.25) is 0 Å². The third kappa shape index (κ3) is 6.19. The van der Waals surface area contributed by atoms with Crippen molar-refractivity contribution in [3.05, 3.63) is 12.2 Å². The van der Waals surface area contributed by atoms with E-state index in [9.17, 15) is 9.90 Å². The van der Waals surface area contributed by atoms with E-state index in [0.29, 0.717) is 12.1 Å². The Bertz CT molecular complexity index is 485. The topological polar surface area (TPSA) is 49.8 Å². The van der Waals surface area contributed by atoms with Crippen LogP contribution in [0.3, 0.4) is 0 Å². The summed E-state index contributed by atoms with van der Waals surface area (Å²) in [5.74, 6) is 2.90. The molecule has 25 heavy (non-hydrogen) atoms. The summed E-state index contributed by atoms with van der Waals surface area (Å²) in [6, 6.07) is 0. The van der Waals surface area contributed by atoms with E-state index < -0.39 is 0 Å². The molecule has 1 N–H and O–H groups in total. The first kappa shape index (κ1) is 21.1. The summed E-state index contributed by atoms with van der Waals surface area (Å²) in [5.41, 5.74) is 0.166. The van der Waals surface area contributed by atoms with Crippen LogP contribution in [0.1, 0.15) is 47.5 Å². The first-order valence-electron chi connectivity index (χ1n) is 9.03. The zero-order chi connectivity index (χ0) is 18.8. The summed E-state index contributed by atoms with van der Waals surface area (Å²) < 4.78 is 5.64. The number of rotatable bonds is 8. The second kappa shape index (κ2) is 8.24. The van der Waals surface area contributed by atoms with Crippen LogP contribution in [-0.4, -0.2) is 68.3 Å². The van der Waals surface area contributed by atoms with Crippen molar-refractivity contribution in [3.63, 3.8) is 0 Å². The molecule has 2 atom stereocenters. The molecule has 144 valence electrons. The van der Waals surface area contributed by atoms with Gasteiger partial charge in [0.25, 0.3) is 0 Å². The van der Waals surface area contributed by atoms with Crippen molar-refractivity contribution in [1.29, 1.82) is 0 Å². The third-order valence-electron chi connectivity index (χ3n) is 4.95. The highest BCUT2D eigenvalue weighted by Gasteiger charge is 2.47. The molecule has 2 aliphatic heterocycles.